The second-order valence-corrected chi connectivity index (χ2v) is 5.24. The van der Waals surface area contributed by atoms with E-state index in [2.05, 4.69) is 11.9 Å². The van der Waals surface area contributed by atoms with Gasteiger partial charge >= 0.3 is 0 Å². The summed E-state index contributed by atoms with van der Waals surface area (Å²) in [6.07, 6.45) is 9.14. The Morgan fingerprint density at radius 3 is 2.56 bits per heavy atom. The number of nitrogens with one attached hydrogen (secondary N) is 1. The second-order valence-electron chi connectivity index (χ2n) is 5.24. The van der Waals surface area contributed by atoms with Crippen molar-refractivity contribution < 1.29 is 4.74 Å². The lowest BCUT2D eigenvalue weighted by atomic mass is 9.88. The summed E-state index contributed by atoms with van der Waals surface area (Å²) >= 11 is 0. The lowest BCUT2D eigenvalue weighted by Crippen LogP contribution is -2.38. The molecule has 1 N–H and O–H groups in total. The molecule has 3 nitrogen and oxygen atoms in total. The molecular formula is C13H24N2O. The van der Waals surface area contributed by atoms with Gasteiger partial charge in [-0.1, -0.05) is 19.3 Å². The maximum absolute atomic E-state index is 8.22. The highest BCUT2D eigenvalue weighted by molar-refractivity contribution is 5.81. The molecule has 1 heterocycles. The van der Waals surface area contributed by atoms with Gasteiger partial charge in [-0.25, -0.2) is 0 Å². The molecule has 1 aliphatic carbocycles. The van der Waals surface area contributed by atoms with E-state index in [1.54, 1.807) is 0 Å². The third kappa shape index (κ3) is 2.97. The monoisotopic (exact) mass is 224 g/mol. The molecule has 92 valence electrons. The molecule has 0 aromatic rings. The molecule has 2 fully saturated rings. The van der Waals surface area contributed by atoms with Crippen LogP contribution in [0, 0.1) is 11.3 Å². The van der Waals surface area contributed by atoms with Crippen LogP contribution in [0.15, 0.2) is 0 Å². The zero-order valence-electron chi connectivity index (χ0n) is 10.4. The highest BCUT2D eigenvalue weighted by Gasteiger charge is 2.24. The van der Waals surface area contributed by atoms with E-state index in [4.69, 9.17) is 10.1 Å². The van der Waals surface area contributed by atoms with Crippen LogP contribution in [-0.2, 0) is 4.74 Å². The Balaban J connectivity index is 1.78. The Labute approximate surface area is 98.7 Å². The Morgan fingerprint density at radius 1 is 1.19 bits per heavy atom. The fraction of sp³-hybridized carbons (Fsp3) is 0.923. The number of hydrogen-bond acceptors (Lipinski definition) is 2. The summed E-state index contributed by atoms with van der Waals surface area (Å²) in [5.74, 6) is 1.36. The Morgan fingerprint density at radius 2 is 1.94 bits per heavy atom. The molecule has 1 saturated carbocycles. The van der Waals surface area contributed by atoms with Gasteiger partial charge in [0.15, 0.2) is 0 Å². The summed E-state index contributed by atoms with van der Waals surface area (Å²) in [6.45, 7) is 1.82. The fourth-order valence-corrected chi connectivity index (χ4v) is 2.88. The van der Waals surface area contributed by atoms with E-state index in [-0.39, 0.29) is 0 Å². The van der Waals surface area contributed by atoms with Crippen molar-refractivity contribution >= 4 is 5.84 Å². The fourth-order valence-electron chi connectivity index (χ4n) is 2.88. The van der Waals surface area contributed by atoms with Crippen molar-refractivity contribution in [2.45, 2.75) is 51.0 Å². The zero-order chi connectivity index (χ0) is 11.4. The van der Waals surface area contributed by atoms with Crippen LogP contribution in [0.2, 0.25) is 0 Å². The first-order valence-electron chi connectivity index (χ1n) is 6.68. The molecule has 1 unspecified atom stereocenters. The third-order valence-corrected chi connectivity index (χ3v) is 3.90. The van der Waals surface area contributed by atoms with Gasteiger partial charge in [0.25, 0.3) is 0 Å². The van der Waals surface area contributed by atoms with Crippen molar-refractivity contribution in [2.75, 3.05) is 20.2 Å². The van der Waals surface area contributed by atoms with E-state index >= 15 is 0 Å². The summed E-state index contributed by atoms with van der Waals surface area (Å²) in [4.78, 5) is 2.12. The molecule has 0 amide bonds. The normalized spacial score (nSPS) is 26.9. The molecule has 16 heavy (non-hydrogen) atoms. The van der Waals surface area contributed by atoms with Gasteiger partial charge in [-0.2, -0.15) is 0 Å². The van der Waals surface area contributed by atoms with Crippen LogP contribution in [0.5, 0.6) is 0 Å². The summed E-state index contributed by atoms with van der Waals surface area (Å²) in [6, 6.07) is 0. The Kier molecular flexibility index (Phi) is 4.22. The van der Waals surface area contributed by atoms with Gasteiger partial charge in [-0.15, -0.1) is 0 Å². The molecule has 3 heteroatoms. The number of nitrogens with zero attached hydrogens (tertiary/aromatic N) is 1. The average molecular weight is 224 g/mol. The smallest absolute Gasteiger partial charge is 0.0987 e. The molecule has 0 aromatic carbocycles. The number of ether oxygens (including phenoxy) is 1. The number of amidine groups is 1. The standard InChI is InChI=1S/C13H24N2O/c1-15(10-12-8-5-9-16-12)13(14)11-6-3-2-4-7-11/h11-12,14H,2-10H2,1H3. The number of rotatable bonds is 3. The minimum Gasteiger partial charge on any atom is -0.376 e. The van der Waals surface area contributed by atoms with Crippen LogP contribution in [0.1, 0.15) is 44.9 Å². The maximum atomic E-state index is 8.22. The highest BCUT2D eigenvalue weighted by Crippen LogP contribution is 2.25. The summed E-state index contributed by atoms with van der Waals surface area (Å²) in [5.41, 5.74) is 0. The van der Waals surface area contributed by atoms with Crippen molar-refractivity contribution in [1.29, 1.82) is 5.41 Å². The van der Waals surface area contributed by atoms with Crippen LogP contribution < -0.4 is 0 Å². The maximum Gasteiger partial charge on any atom is 0.0987 e. The van der Waals surface area contributed by atoms with E-state index in [0.717, 1.165) is 19.0 Å². The molecule has 1 saturated heterocycles. The third-order valence-electron chi connectivity index (χ3n) is 3.90. The summed E-state index contributed by atoms with van der Waals surface area (Å²) in [5, 5.41) is 8.22. The van der Waals surface area contributed by atoms with Gasteiger partial charge < -0.3 is 9.64 Å². The largest absolute Gasteiger partial charge is 0.376 e. The van der Waals surface area contributed by atoms with Crippen LogP contribution in [0.3, 0.4) is 0 Å². The topological polar surface area (TPSA) is 36.3 Å². The SMILES string of the molecule is CN(CC1CCCO1)C(=N)C1CCCCC1. The van der Waals surface area contributed by atoms with Gasteiger partial charge in [0.2, 0.25) is 0 Å². The molecular weight excluding hydrogens is 200 g/mol. The molecule has 2 rings (SSSR count). The average Bonchev–Trinajstić information content (AvgIpc) is 2.82. The predicted octanol–water partition coefficient (Wildman–Crippen LogP) is 2.65. The van der Waals surface area contributed by atoms with E-state index in [0.29, 0.717) is 12.0 Å². The van der Waals surface area contributed by atoms with E-state index in [1.807, 2.05) is 0 Å². The van der Waals surface area contributed by atoms with Crippen molar-refractivity contribution in [2.24, 2.45) is 5.92 Å². The molecule has 0 spiro atoms. The summed E-state index contributed by atoms with van der Waals surface area (Å²) < 4.78 is 5.62. The number of likely N-dealkylation sites (N-methyl/N-ethyl adjacent to an activating group) is 1. The van der Waals surface area contributed by atoms with Crippen LogP contribution in [0.4, 0.5) is 0 Å². The van der Waals surface area contributed by atoms with Crippen LogP contribution >= 0.6 is 0 Å². The quantitative estimate of drug-likeness (QED) is 0.591. The van der Waals surface area contributed by atoms with Crippen LogP contribution in [-0.4, -0.2) is 37.0 Å². The van der Waals surface area contributed by atoms with E-state index < -0.39 is 0 Å². The van der Waals surface area contributed by atoms with Gasteiger partial charge in [-0.3, -0.25) is 5.41 Å². The Bertz CT molecular complexity index is 230. The van der Waals surface area contributed by atoms with Gasteiger partial charge in [0.05, 0.1) is 11.9 Å². The molecule has 0 bridgehead atoms. The molecule has 0 aromatic heterocycles. The minimum atomic E-state index is 0.369. The first-order chi connectivity index (χ1) is 7.77. The van der Waals surface area contributed by atoms with Crippen molar-refractivity contribution in [1.82, 2.24) is 4.90 Å². The summed E-state index contributed by atoms with van der Waals surface area (Å²) in [7, 11) is 2.05. The Hall–Kier alpha value is -0.570. The van der Waals surface area contributed by atoms with E-state index in [9.17, 15) is 0 Å². The van der Waals surface area contributed by atoms with Crippen molar-refractivity contribution in [3.8, 4) is 0 Å². The van der Waals surface area contributed by atoms with Gasteiger partial charge in [0.1, 0.15) is 0 Å². The van der Waals surface area contributed by atoms with Crippen molar-refractivity contribution in [3.63, 3.8) is 0 Å². The predicted molar refractivity (Wildman–Crippen MR) is 65.9 cm³/mol. The van der Waals surface area contributed by atoms with Gasteiger partial charge in [-0.05, 0) is 25.7 Å². The molecule has 2 aliphatic rings. The highest BCUT2D eigenvalue weighted by atomic mass is 16.5. The molecule has 1 atom stereocenters. The first-order valence-corrected chi connectivity index (χ1v) is 6.68. The minimum absolute atomic E-state index is 0.369. The number of hydrogen-bond donors (Lipinski definition) is 1. The molecule has 0 radical (unpaired) electrons. The lowest BCUT2D eigenvalue weighted by Gasteiger charge is -2.30. The first kappa shape index (κ1) is 11.9. The van der Waals surface area contributed by atoms with E-state index in [1.165, 1.54) is 44.9 Å². The second kappa shape index (κ2) is 5.67. The zero-order valence-corrected chi connectivity index (χ0v) is 10.4. The van der Waals surface area contributed by atoms with Crippen LogP contribution in [0.25, 0.3) is 0 Å². The lowest BCUT2D eigenvalue weighted by molar-refractivity contribution is 0.0944. The van der Waals surface area contributed by atoms with Crippen molar-refractivity contribution in [3.05, 3.63) is 0 Å². The van der Waals surface area contributed by atoms with Gasteiger partial charge in [0, 0.05) is 26.1 Å². The molecule has 1 aliphatic heterocycles.